The fourth-order valence-electron chi connectivity index (χ4n) is 2.71. The Labute approximate surface area is 153 Å². The lowest BCUT2D eigenvalue weighted by molar-refractivity contribution is -0.139. The second-order valence-corrected chi connectivity index (χ2v) is 5.91. The molecule has 0 aliphatic heterocycles. The molecule has 3 rings (SSSR count). The number of methoxy groups -OCH3 is 1. The molecule has 1 aromatic heterocycles. The van der Waals surface area contributed by atoms with Crippen molar-refractivity contribution >= 4 is 22.6 Å². The van der Waals surface area contributed by atoms with E-state index in [0.717, 1.165) is 40.9 Å². The van der Waals surface area contributed by atoms with Gasteiger partial charge in [-0.2, -0.15) is 0 Å². The lowest BCUT2D eigenvalue weighted by Gasteiger charge is -2.10. The standard InChI is InChI=1S/C21H22N2O3/c1-25-20(24)15-16-6-2-9-18(14-16)22-12-5-13-26-19-10-3-7-17-8-4-11-23-21(17)19/h2-4,6-11,14,22H,5,12-13,15H2,1H3. The van der Waals surface area contributed by atoms with Gasteiger partial charge in [0.25, 0.3) is 0 Å². The molecule has 3 aromatic rings. The summed E-state index contributed by atoms with van der Waals surface area (Å²) in [5.41, 5.74) is 2.80. The van der Waals surface area contributed by atoms with Crippen molar-refractivity contribution in [2.24, 2.45) is 0 Å². The second-order valence-electron chi connectivity index (χ2n) is 5.91. The summed E-state index contributed by atoms with van der Waals surface area (Å²) < 4.78 is 10.6. The van der Waals surface area contributed by atoms with Gasteiger partial charge in [0.1, 0.15) is 11.3 Å². The third-order valence-electron chi connectivity index (χ3n) is 4.01. The normalized spacial score (nSPS) is 10.5. The number of hydrogen-bond donors (Lipinski definition) is 1. The fourth-order valence-corrected chi connectivity index (χ4v) is 2.71. The zero-order valence-corrected chi connectivity index (χ0v) is 14.8. The van der Waals surface area contributed by atoms with E-state index in [-0.39, 0.29) is 12.4 Å². The number of aromatic nitrogens is 1. The van der Waals surface area contributed by atoms with E-state index < -0.39 is 0 Å². The Morgan fingerprint density at radius 1 is 1.12 bits per heavy atom. The number of nitrogens with one attached hydrogen (secondary N) is 1. The summed E-state index contributed by atoms with van der Waals surface area (Å²) in [5, 5.41) is 4.43. The molecule has 1 N–H and O–H groups in total. The van der Waals surface area contributed by atoms with Crippen molar-refractivity contribution in [1.82, 2.24) is 4.98 Å². The molecule has 0 saturated heterocycles. The molecule has 0 radical (unpaired) electrons. The number of carbonyl (C=O) groups is 1. The molecule has 0 saturated carbocycles. The number of pyridine rings is 1. The first kappa shape index (κ1) is 17.7. The summed E-state index contributed by atoms with van der Waals surface area (Å²) in [4.78, 5) is 15.7. The summed E-state index contributed by atoms with van der Waals surface area (Å²) in [6.45, 7) is 1.38. The molecular weight excluding hydrogens is 328 g/mol. The minimum Gasteiger partial charge on any atom is -0.491 e. The third kappa shape index (κ3) is 4.72. The lowest BCUT2D eigenvalue weighted by Crippen LogP contribution is -2.08. The first-order valence-electron chi connectivity index (χ1n) is 8.62. The zero-order valence-electron chi connectivity index (χ0n) is 14.8. The Morgan fingerprint density at radius 2 is 1.96 bits per heavy atom. The van der Waals surface area contributed by atoms with Gasteiger partial charge in [-0.05, 0) is 36.2 Å². The number of benzene rings is 2. The van der Waals surface area contributed by atoms with Gasteiger partial charge in [0.2, 0.25) is 0 Å². The maximum atomic E-state index is 11.4. The molecule has 0 amide bonds. The average Bonchev–Trinajstić information content (AvgIpc) is 2.68. The van der Waals surface area contributed by atoms with Crippen molar-refractivity contribution in [2.45, 2.75) is 12.8 Å². The molecule has 0 aliphatic carbocycles. The molecule has 1 heterocycles. The van der Waals surface area contributed by atoms with Crippen LogP contribution in [-0.4, -0.2) is 31.2 Å². The molecule has 0 spiro atoms. The van der Waals surface area contributed by atoms with Crippen LogP contribution in [0.5, 0.6) is 5.75 Å². The van der Waals surface area contributed by atoms with Crippen LogP contribution in [0, 0.1) is 0 Å². The summed E-state index contributed by atoms with van der Waals surface area (Å²) in [6, 6.07) is 17.7. The van der Waals surface area contributed by atoms with Crippen molar-refractivity contribution in [3.05, 3.63) is 66.4 Å². The zero-order chi connectivity index (χ0) is 18.2. The number of hydrogen-bond acceptors (Lipinski definition) is 5. The fraction of sp³-hybridized carbons (Fsp3) is 0.238. The predicted octanol–water partition coefficient (Wildman–Crippen LogP) is 3.83. The van der Waals surface area contributed by atoms with E-state index in [4.69, 9.17) is 9.47 Å². The van der Waals surface area contributed by atoms with Gasteiger partial charge >= 0.3 is 5.97 Å². The summed E-state index contributed by atoms with van der Waals surface area (Å²) in [7, 11) is 1.40. The highest BCUT2D eigenvalue weighted by Gasteiger charge is 2.04. The highest BCUT2D eigenvalue weighted by atomic mass is 16.5. The van der Waals surface area contributed by atoms with E-state index in [0.29, 0.717) is 6.61 Å². The van der Waals surface area contributed by atoms with E-state index in [1.807, 2.05) is 54.6 Å². The Bertz CT molecular complexity index is 875. The van der Waals surface area contributed by atoms with Gasteiger partial charge < -0.3 is 14.8 Å². The summed E-state index contributed by atoms with van der Waals surface area (Å²) in [5.74, 6) is 0.572. The van der Waals surface area contributed by atoms with E-state index in [1.54, 1.807) is 6.20 Å². The van der Waals surface area contributed by atoms with Crippen LogP contribution in [-0.2, 0) is 16.0 Å². The molecule has 26 heavy (non-hydrogen) atoms. The molecule has 5 heteroatoms. The van der Waals surface area contributed by atoms with Crippen molar-refractivity contribution in [1.29, 1.82) is 0 Å². The Kier molecular flexibility index (Phi) is 6.04. The van der Waals surface area contributed by atoms with Gasteiger partial charge in [-0.25, -0.2) is 0 Å². The summed E-state index contributed by atoms with van der Waals surface area (Å²) >= 11 is 0. The molecule has 0 bridgehead atoms. The minimum atomic E-state index is -0.237. The maximum Gasteiger partial charge on any atom is 0.309 e. The van der Waals surface area contributed by atoms with E-state index >= 15 is 0 Å². The molecule has 0 atom stereocenters. The number of fused-ring (bicyclic) bond motifs is 1. The highest BCUT2D eigenvalue weighted by molar-refractivity contribution is 5.84. The van der Waals surface area contributed by atoms with Crippen LogP contribution < -0.4 is 10.1 Å². The SMILES string of the molecule is COC(=O)Cc1cccc(NCCCOc2cccc3cccnc23)c1. The van der Waals surface area contributed by atoms with E-state index in [1.165, 1.54) is 7.11 Å². The monoisotopic (exact) mass is 350 g/mol. The lowest BCUT2D eigenvalue weighted by atomic mass is 10.1. The Balaban J connectivity index is 1.47. The van der Waals surface area contributed by atoms with Gasteiger partial charge in [-0.15, -0.1) is 0 Å². The number of nitrogens with zero attached hydrogens (tertiary/aromatic N) is 1. The van der Waals surface area contributed by atoms with Gasteiger partial charge in [0.05, 0.1) is 20.1 Å². The molecule has 2 aromatic carbocycles. The first-order valence-corrected chi connectivity index (χ1v) is 8.62. The minimum absolute atomic E-state index is 0.237. The van der Waals surface area contributed by atoms with Gasteiger partial charge in [-0.1, -0.05) is 30.3 Å². The van der Waals surface area contributed by atoms with Crippen LogP contribution in [0.4, 0.5) is 5.69 Å². The molecule has 0 unspecified atom stereocenters. The predicted molar refractivity (Wildman–Crippen MR) is 103 cm³/mol. The number of rotatable bonds is 8. The van der Waals surface area contributed by atoms with Crippen LogP contribution in [0.2, 0.25) is 0 Å². The first-order chi connectivity index (χ1) is 12.8. The van der Waals surface area contributed by atoms with Crippen LogP contribution in [0.3, 0.4) is 0 Å². The molecule has 0 fully saturated rings. The van der Waals surface area contributed by atoms with Gasteiger partial charge in [-0.3, -0.25) is 9.78 Å². The van der Waals surface area contributed by atoms with Crippen molar-refractivity contribution in [2.75, 3.05) is 25.6 Å². The van der Waals surface area contributed by atoms with Crippen molar-refractivity contribution in [3.8, 4) is 5.75 Å². The second kappa shape index (κ2) is 8.85. The van der Waals surface area contributed by atoms with Crippen LogP contribution in [0.25, 0.3) is 10.9 Å². The van der Waals surface area contributed by atoms with Crippen molar-refractivity contribution < 1.29 is 14.3 Å². The van der Waals surface area contributed by atoms with Gasteiger partial charge in [0, 0.05) is 23.8 Å². The van der Waals surface area contributed by atoms with E-state index in [9.17, 15) is 4.79 Å². The Morgan fingerprint density at radius 3 is 2.85 bits per heavy atom. The number of anilines is 1. The molecule has 5 nitrogen and oxygen atoms in total. The quantitative estimate of drug-likeness (QED) is 0.494. The summed E-state index contributed by atoms with van der Waals surface area (Å²) in [6.07, 6.45) is 2.91. The van der Waals surface area contributed by atoms with E-state index in [2.05, 4.69) is 10.3 Å². The molecule has 0 aliphatic rings. The largest absolute Gasteiger partial charge is 0.491 e. The molecule has 134 valence electrons. The van der Waals surface area contributed by atoms with Crippen molar-refractivity contribution in [3.63, 3.8) is 0 Å². The van der Waals surface area contributed by atoms with Crippen LogP contribution >= 0.6 is 0 Å². The number of ether oxygens (including phenoxy) is 2. The topological polar surface area (TPSA) is 60.5 Å². The third-order valence-corrected chi connectivity index (χ3v) is 4.01. The number of para-hydroxylation sites is 1. The number of esters is 1. The van der Waals surface area contributed by atoms with Crippen LogP contribution in [0.1, 0.15) is 12.0 Å². The average molecular weight is 350 g/mol. The Hall–Kier alpha value is -3.08. The number of carbonyl (C=O) groups excluding carboxylic acids is 1. The highest BCUT2D eigenvalue weighted by Crippen LogP contribution is 2.23. The molecular formula is C21H22N2O3. The maximum absolute atomic E-state index is 11.4. The van der Waals surface area contributed by atoms with Gasteiger partial charge in [0.15, 0.2) is 0 Å². The van der Waals surface area contributed by atoms with Crippen LogP contribution in [0.15, 0.2) is 60.8 Å². The smallest absolute Gasteiger partial charge is 0.309 e.